The molecular formula is C28H35NO3. The number of carbonyl (C=O) groups is 1. The van der Waals surface area contributed by atoms with E-state index in [0.29, 0.717) is 17.8 Å². The van der Waals surface area contributed by atoms with Gasteiger partial charge >= 0.3 is 0 Å². The first-order valence-corrected chi connectivity index (χ1v) is 12.5. The van der Waals surface area contributed by atoms with E-state index in [2.05, 4.69) is 37.2 Å². The van der Waals surface area contributed by atoms with Crippen LogP contribution in [0.2, 0.25) is 0 Å². The summed E-state index contributed by atoms with van der Waals surface area (Å²) in [5.74, 6) is 1.82. The summed E-state index contributed by atoms with van der Waals surface area (Å²) in [6.45, 7) is 6.50. The Hall–Kier alpha value is -1.94. The number of ketones is 1. The van der Waals surface area contributed by atoms with Crippen molar-refractivity contribution in [3.05, 3.63) is 47.5 Å². The van der Waals surface area contributed by atoms with Gasteiger partial charge in [-0.2, -0.15) is 0 Å². The van der Waals surface area contributed by atoms with Gasteiger partial charge in [-0.3, -0.25) is 4.79 Å². The molecule has 0 saturated heterocycles. The lowest BCUT2D eigenvalue weighted by atomic mass is 9.46. The third-order valence-corrected chi connectivity index (χ3v) is 10.5. The summed E-state index contributed by atoms with van der Waals surface area (Å²) in [7, 11) is 0. The zero-order chi connectivity index (χ0) is 22.3. The normalized spacial score (nSPS) is 46.7. The monoisotopic (exact) mass is 433 g/mol. The zero-order valence-corrected chi connectivity index (χ0v) is 19.5. The molecule has 4 aliphatic carbocycles. The SMILES string of the molecule is CC(=O)[C@@]12ON=C(c3ccccc3)[C@@H]1C[C@H]1[C@@H]3CC=C4C[C@@H](O)CC[C@]4(C)[C@H]3CC[C@@]12C. The molecule has 3 fully saturated rings. The number of rotatable bonds is 2. The largest absolute Gasteiger partial charge is 0.393 e. The second-order valence-corrected chi connectivity index (χ2v) is 11.6. The Kier molecular flexibility index (Phi) is 4.38. The number of nitrogens with zero attached hydrogens (tertiary/aromatic N) is 1. The van der Waals surface area contributed by atoms with Gasteiger partial charge in [-0.15, -0.1) is 0 Å². The number of hydrogen-bond donors (Lipinski definition) is 1. The molecule has 8 atom stereocenters. The molecule has 0 spiro atoms. The van der Waals surface area contributed by atoms with Crippen molar-refractivity contribution >= 4 is 11.5 Å². The first-order valence-electron chi connectivity index (χ1n) is 12.5. The van der Waals surface area contributed by atoms with Crippen molar-refractivity contribution in [2.75, 3.05) is 0 Å². The van der Waals surface area contributed by atoms with Crippen LogP contribution in [0.3, 0.4) is 0 Å². The quantitative estimate of drug-likeness (QED) is 0.644. The van der Waals surface area contributed by atoms with Crippen molar-refractivity contribution < 1.29 is 14.7 Å². The second kappa shape index (κ2) is 6.79. The Labute approximate surface area is 191 Å². The minimum Gasteiger partial charge on any atom is -0.393 e. The fourth-order valence-corrected chi connectivity index (χ4v) is 8.91. The van der Waals surface area contributed by atoms with E-state index in [-0.39, 0.29) is 28.6 Å². The topological polar surface area (TPSA) is 58.9 Å². The van der Waals surface area contributed by atoms with Crippen molar-refractivity contribution in [3.63, 3.8) is 0 Å². The number of hydrogen-bond acceptors (Lipinski definition) is 4. The van der Waals surface area contributed by atoms with Gasteiger partial charge in [0.1, 0.15) is 0 Å². The Morgan fingerprint density at radius 1 is 1.12 bits per heavy atom. The Bertz CT molecular complexity index is 1010. The van der Waals surface area contributed by atoms with Crippen molar-refractivity contribution in [3.8, 4) is 0 Å². The first-order chi connectivity index (χ1) is 15.3. The molecule has 1 aliphatic heterocycles. The standard InChI is InChI=1S/C28H35NO3/c1-17(30)28-24(25(29-32-28)18-7-5-4-6-8-18)16-23-21-10-9-19-15-20(31)11-13-26(19,2)22(21)12-14-27(23,28)3/h4-9,20-24,31H,10-16H2,1-3H3/t20-,21+,22-,23-,24-,26-,27-,28+/m0/s1. The molecular weight excluding hydrogens is 398 g/mol. The molecule has 0 amide bonds. The highest BCUT2D eigenvalue weighted by atomic mass is 16.7. The number of aliphatic hydroxyl groups excluding tert-OH is 1. The Morgan fingerprint density at radius 2 is 1.91 bits per heavy atom. The summed E-state index contributed by atoms with van der Waals surface area (Å²) in [5.41, 5.74) is 2.71. The average Bonchev–Trinajstić information content (AvgIpc) is 3.29. The van der Waals surface area contributed by atoms with Crippen LogP contribution in [0.15, 0.2) is 47.1 Å². The summed E-state index contributed by atoms with van der Waals surface area (Å²) < 4.78 is 0. The molecule has 0 unspecified atom stereocenters. The minimum atomic E-state index is -0.832. The number of fused-ring (bicyclic) bond motifs is 7. The van der Waals surface area contributed by atoms with Crippen LogP contribution < -0.4 is 0 Å². The van der Waals surface area contributed by atoms with Gasteiger partial charge in [0.25, 0.3) is 0 Å². The zero-order valence-electron chi connectivity index (χ0n) is 19.5. The molecule has 3 saturated carbocycles. The van der Waals surface area contributed by atoms with Crippen molar-refractivity contribution in [2.24, 2.45) is 39.7 Å². The van der Waals surface area contributed by atoms with Gasteiger partial charge < -0.3 is 9.94 Å². The molecule has 0 bridgehead atoms. The van der Waals surface area contributed by atoms with Crippen molar-refractivity contribution in [1.82, 2.24) is 0 Å². The molecule has 4 heteroatoms. The highest BCUT2D eigenvalue weighted by Gasteiger charge is 2.74. The van der Waals surface area contributed by atoms with Crippen LogP contribution in [-0.2, 0) is 9.63 Å². The predicted octanol–water partition coefficient (Wildman–Crippen LogP) is 5.30. The van der Waals surface area contributed by atoms with Crippen LogP contribution in [0.1, 0.15) is 71.3 Å². The number of benzene rings is 1. The van der Waals surface area contributed by atoms with Gasteiger partial charge in [-0.1, -0.05) is 61.0 Å². The number of Topliss-reactive ketones (excluding diaryl/α,β-unsaturated/α-hetero) is 1. The van der Waals surface area contributed by atoms with Gasteiger partial charge in [0, 0.05) is 5.41 Å². The molecule has 4 nitrogen and oxygen atoms in total. The summed E-state index contributed by atoms with van der Waals surface area (Å²) in [6.07, 6.45) is 9.31. The van der Waals surface area contributed by atoms with Crippen LogP contribution in [0.4, 0.5) is 0 Å². The third kappa shape index (κ3) is 2.42. The molecule has 32 heavy (non-hydrogen) atoms. The van der Waals surface area contributed by atoms with E-state index < -0.39 is 5.60 Å². The minimum absolute atomic E-state index is 0.0301. The molecule has 0 radical (unpaired) electrons. The van der Waals surface area contributed by atoms with Crippen LogP contribution in [0, 0.1) is 34.5 Å². The smallest absolute Gasteiger partial charge is 0.208 e. The Balaban J connectivity index is 1.41. The fraction of sp³-hybridized carbons (Fsp3) is 0.643. The molecule has 1 aromatic rings. The molecule has 0 aromatic heterocycles. The van der Waals surface area contributed by atoms with Gasteiger partial charge in [0.15, 0.2) is 5.78 Å². The summed E-state index contributed by atoms with van der Waals surface area (Å²) in [5, 5.41) is 14.9. The molecule has 170 valence electrons. The van der Waals surface area contributed by atoms with E-state index in [1.807, 2.05) is 18.2 Å². The second-order valence-electron chi connectivity index (χ2n) is 11.6. The van der Waals surface area contributed by atoms with Crippen LogP contribution in [-0.4, -0.2) is 28.3 Å². The third-order valence-electron chi connectivity index (χ3n) is 10.5. The maximum absolute atomic E-state index is 13.3. The van der Waals surface area contributed by atoms with Crippen molar-refractivity contribution in [2.45, 2.75) is 77.4 Å². The van der Waals surface area contributed by atoms with Crippen molar-refractivity contribution in [1.29, 1.82) is 0 Å². The average molecular weight is 434 g/mol. The van der Waals surface area contributed by atoms with Crippen LogP contribution >= 0.6 is 0 Å². The number of carbonyl (C=O) groups excluding carboxylic acids is 1. The maximum atomic E-state index is 13.3. The summed E-state index contributed by atoms with van der Waals surface area (Å²) >= 11 is 0. The van der Waals surface area contributed by atoms with E-state index in [1.54, 1.807) is 6.92 Å². The molecule has 1 N–H and O–H groups in total. The molecule has 1 aromatic carbocycles. The number of oxime groups is 1. The van der Waals surface area contributed by atoms with Gasteiger partial charge in [0.05, 0.1) is 17.7 Å². The van der Waals surface area contributed by atoms with Crippen LogP contribution in [0.25, 0.3) is 0 Å². The van der Waals surface area contributed by atoms with Crippen LogP contribution in [0.5, 0.6) is 0 Å². The van der Waals surface area contributed by atoms with E-state index in [0.717, 1.165) is 56.2 Å². The lowest BCUT2D eigenvalue weighted by Crippen LogP contribution is -2.58. The lowest BCUT2D eigenvalue weighted by Gasteiger charge is -2.58. The van der Waals surface area contributed by atoms with Gasteiger partial charge in [0.2, 0.25) is 5.60 Å². The van der Waals surface area contributed by atoms with E-state index in [1.165, 1.54) is 5.57 Å². The summed E-state index contributed by atoms with van der Waals surface area (Å²) in [4.78, 5) is 19.6. The fourth-order valence-electron chi connectivity index (χ4n) is 8.91. The molecule has 6 rings (SSSR count). The lowest BCUT2D eigenvalue weighted by molar-refractivity contribution is -0.173. The first kappa shape index (κ1) is 20.7. The Morgan fingerprint density at radius 3 is 2.66 bits per heavy atom. The number of allylic oxidation sites excluding steroid dienone is 1. The maximum Gasteiger partial charge on any atom is 0.208 e. The summed E-state index contributed by atoms with van der Waals surface area (Å²) in [6, 6.07) is 10.3. The van der Waals surface area contributed by atoms with E-state index >= 15 is 0 Å². The highest BCUT2D eigenvalue weighted by Crippen LogP contribution is 2.70. The highest BCUT2D eigenvalue weighted by molar-refractivity contribution is 6.08. The van der Waals surface area contributed by atoms with E-state index in [9.17, 15) is 9.90 Å². The van der Waals surface area contributed by atoms with Gasteiger partial charge in [-0.25, -0.2) is 0 Å². The van der Waals surface area contributed by atoms with Gasteiger partial charge in [-0.05, 0) is 80.6 Å². The van der Waals surface area contributed by atoms with E-state index in [4.69, 9.17) is 4.84 Å². The number of aliphatic hydroxyl groups is 1. The molecule has 5 aliphatic rings. The predicted molar refractivity (Wildman–Crippen MR) is 124 cm³/mol. The molecule has 1 heterocycles.